The van der Waals surface area contributed by atoms with Gasteiger partial charge in [-0.2, -0.15) is 5.10 Å². The predicted molar refractivity (Wildman–Crippen MR) is 124 cm³/mol. The van der Waals surface area contributed by atoms with Crippen molar-refractivity contribution in [3.8, 4) is 0 Å². The molecule has 8 nitrogen and oxygen atoms in total. The van der Waals surface area contributed by atoms with E-state index in [9.17, 15) is 23.1 Å². The van der Waals surface area contributed by atoms with Crippen molar-refractivity contribution in [2.45, 2.75) is 45.7 Å². The second kappa shape index (κ2) is 10.4. The SMILES string of the molecule is CCN1C(=O)[C@H](CCO)N(CC)c2nc(CCc3cnn(Cc4cc(F)c(F)c(F)c4)c3)ncc21. The Morgan fingerprint density at radius 3 is 2.43 bits per heavy atom. The van der Waals surface area contributed by atoms with Gasteiger partial charge < -0.3 is 14.9 Å². The monoisotopic (exact) mass is 488 g/mol. The molecule has 0 unspecified atom stereocenters. The molecule has 3 aromatic rings. The Morgan fingerprint density at radius 2 is 1.77 bits per heavy atom. The number of carbonyl (C=O) groups is 1. The first kappa shape index (κ1) is 24.6. The highest BCUT2D eigenvalue weighted by Gasteiger charge is 2.37. The summed E-state index contributed by atoms with van der Waals surface area (Å²) in [5.41, 5.74) is 1.80. The largest absolute Gasteiger partial charge is 0.396 e. The third kappa shape index (κ3) is 5.00. The summed E-state index contributed by atoms with van der Waals surface area (Å²) in [6.07, 6.45) is 6.49. The number of anilines is 2. The topological polar surface area (TPSA) is 87.4 Å². The van der Waals surface area contributed by atoms with E-state index in [4.69, 9.17) is 4.98 Å². The van der Waals surface area contributed by atoms with Crippen LogP contribution in [0.3, 0.4) is 0 Å². The summed E-state index contributed by atoms with van der Waals surface area (Å²) in [4.78, 5) is 25.7. The number of amides is 1. The Labute approximate surface area is 201 Å². The van der Waals surface area contributed by atoms with Gasteiger partial charge in [-0.25, -0.2) is 23.1 Å². The first-order valence-electron chi connectivity index (χ1n) is 11.6. The minimum atomic E-state index is -1.49. The van der Waals surface area contributed by atoms with Crippen molar-refractivity contribution in [1.82, 2.24) is 19.7 Å². The summed E-state index contributed by atoms with van der Waals surface area (Å²) in [7, 11) is 0. The van der Waals surface area contributed by atoms with Crippen LogP contribution in [0.25, 0.3) is 0 Å². The highest BCUT2D eigenvalue weighted by atomic mass is 19.2. The van der Waals surface area contributed by atoms with Crippen LogP contribution in [0.4, 0.5) is 24.7 Å². The van der Waals surface area contributed by atoms with E-state index in [2.05, 4.69) is 10.1 Å². The molecule has 1 aromatic carbocycles. The van der Waals surface area contributed by atoms with Crippen LogP contribution < -0.4 is 9.80 Å². The standard InChI is InChI=1S/C24H27F3N6O2/c1-3-32-19(7-8-34)24(35)33(4-2)20-12-28-21(30-23(20)32)6-5-15-11-29-31(13-15)14-16-9-17(25)22(27)18(26)10-16/h9-13,19,34H,3-8,14H2,1-2H3/t19-/m0/s1. The number of benzene rings is 1. The van der Waals surface area contributed by atoms with E-state index in [1.54, 1.807) is 23.5 Å². The molecule has 35 heavy (non-hydrogen) atoms. The Kier molecular flexibility index (Phi) is 7.34. The summed E-state index contributed by atoms with van der Waals surface area (Å²) < 4.78 is 41.6. The van der Waals surface area contributed by atoms with Gasteiger partial charge in [0.1, 0.15) is 17.6 Å². The van der Waals surface area contributed by atoms with E-state index in [-0.39, 0.29) is 24.6 Å². The van der Waals surface area contributed by atoms with Crippen molar-refractivity contribution in [2.24, 2.45) is 0 Å². The number of aliphatic hydroxyl groups is 1. The normalized spacial score (nSPS) is 15.6. The number of aryl methyl sites for hydroxylation is 2. The van der Waals surface area contributed by atoms with Crippen LogP contribution in [0, 0.1) is 17.5 Å². The minimum absolute atomic E-state index is 0.0689. The van der Waals surface area contributed by atoms with Crippen molar-refractivity contribution in [3.05, 3.63) is 65.1 Å². The fourth-order valence-corrected chi connectivity index (χ4v) is 4.37. The van der Waals surface area contributed by atoms with Crippen LogP contribution in [0.2, 0.25) is 0 Å². The van der Waals surface area contributed by atoms with E-state index >= 15 is 0 Å². The molecule has 2 aromatic heterocycles. The van der Waals surface area contributed by atoms with E-state index in [1.807, 2.05) is 18.7 Å². The minimum Gasteiger partial charge on any atom is -0.396 e. The zero-order valence-corrected chi connectivity index (χ0v) is 19.6. The molecular formula is C24H27F3N6O2. The number of fused-ring (bicyclic) bond motifs is 1. The first-order valence-corrected chi connectivity index (χ1v) is 11.6. The maximum Gasteiger partial charge on any atom is 0.249 e. The summed E-state index contributed by atoms with van der Waals surface area (Å²) in [6, 6.07) is 1.43. The molecule has 186 valence electrons. The lowest BCUT2D eigenvalue weighted by molar-refractivity contribution is -0.120. The average molecular weight is 489 g/mol. The molecular weight excluding hydrogens is 461 g/mol. The maximum absolute atomic E-state index is 13.5. The quantitative estimate of drug-likeness (QED) is 0.466. The van der Waals surface area contributed by atoms with Crippen LogP contribution in [0.5, 0.6) is 0 Å². The predicted octanol–water partition coefficient (Wildman–Crippen LogP) is 2.87. The number of halogens is 3. The zero-order chi connectivity index (χ0) is 25.1. The fourth-order valence-electron chi connectivity index (χ4n) is 4.37. The smallest absolute Gasteiger partial charge is 0.249 e. The van der Waals surface area contributed by atoms with Gasteiger partial charge in [-0.05, 0) is 49.9 Å². The second-order valence-electron chi connectivity index (χ2n) is 8.31. The van der Waals surface area contributed by atoms with Gasteiger partial charge in [-0.1, -0.05) is 0 Å². The number of nitrogens with zero attached hydrogens (tertiary/aromatic N) is 6. The highest BCUT2D eigenvalue weighted by molar-refractivity contribution is 6.04. The summed E-state index contributed by atoms with van der Waals surface area (Å²) in [5.74, 6) is -2.75. The average Bonchev–Trinajstić information content (AvgIpc) is 3.29. The lowest BCUT2D eigenvalue weighted by Crippen LogP contribution is -2.54. The lowest BCUT2D eigenvalue weighted by atomic mass is 10.1. The van der Waals surface area contributed by atoms with Gasteiger partial charge in [0.25, 0.3) is 0 Å². The number of hydrogen-bond donors (Lipinski definition) is 1. The molecule has 0 spiro atoms. The molecule has 1 atom stereocenters. The molecule has 4 rings (SSSR count). The van der Waals surface area contributed by atoms with Crippen LogP contribution in [0.1, 0.15) is 37.2 Å². The van der Waals surface area contributed by atoms with E-state index < -0.39 is 23.5 Å². The van der Waals surface area contributed by atoms with Crippen LogP contribution in [0.15, 0.2) is 30.7 Å². The summed E-state index contributed by atoms with van der Waals surface area (Å²) in [5, 5.41) is 13.7. The van der Waals surface area contributed by atoms with Gasteiger partial charge in [0.05, 0.1) is 18.9 Å². The van der Waals surface area contributed by atoms with Gasteiger partial charge in [0.2, 0.25) is 5.91 Å². The molecule has 1 N–H and O–H groups in total. The number of aliphatic hydroxyl groups excluding tert-OH is 1. The summed E-state index contributed by atoms with van der Waals surface area (Å²) in [6.45, 7) is 4.88. The number of likely N-dealkylation sites (N-methyl/N-ethyl adjacent to an activating group) is 2. The molecule has 1 amide bonds. The Morgan fingerprint density at radius 1 is 1.03 bits per heavy atom. The van der Waals surface area contributed by atoms with Crippen molar-refractivity contribution < 1.29 is 23.1 Å². The maximum atomic E-state index is 13.5. The molecule has 0 radical (unpaired) electrons. The van der Waals surface area contributed by atoms with E-state index in [0.29, 0.717) is 49.7 Å². The van der Waals surface area contributed by atoms with Crippen molar-refractivity contribution in [3.63, 3.8) is 0 Å². The van der Waals surface area contributed by atoms with Crippen molar-refractivity contribution in [2.75, 3.05) is 29.5 Å². The Bertz CT molecular complexity index is 1190. The molecule has 0 bridgehead atoms. The third-order valence-corrected chi connectivity index (χ3v) is 6.06. The van der Waals surface area contributed by atoms with Crippen molar-refractivity contribution in [1.29, 1.82) is 0 Å². The third-order valence-electron chi connectivity index (χ3n) is 6.06. The molecule has 11 heteroatoms. The van der Waals surface area contributed by atoms with Gasteiger partial charge in [-0.15, -0.1) is 0 Å². The molecule has 1 aliphatic rings. The number of hydrogen-bond acceptors (Lipinski definition) is 6. The lowest BCUT2D eigenvalue weighted by Gasteiger charge is -2.41. The van der Waals surface area contributed by atoms with Crippen LogP contribution in [-0.2, 0) is 24.2 Å². The zero-order valence-electron chi connectivity index (χ0n) is 19.6. The van der Waals surface area contributed by atoms with Gasteiger partial charge in [0, 0.05) is 32.3 Å². The number of aromatic nitrogens is 4. The van der Waals surface area contributed by atoms with Crippen molar-refractivity contribution >= 4 is 17.4 Å². The fraction of sp³-hybridized carbons (Fsp3) is 0.417. The molecule has 1 aliphatic heterocycles. The van der Waals surface area contributed by atoms with Gasteiger partial charge in [0.15, 0.2) is 23.3 Å². The van der Waals surface area contributed by atoms with Gasteiger partial charge in [-0.3, -0.25) is 9.48 Å². The van der Waals surface area contributed by atoms with Gasteiger partial charge >= 0.3 is 0 Å². The molecule has 0 fully saturated rings. The molecule has 0 saturated carbocycles. The Hall–Kier alpha value is -3.47. The van der Waals surface area contributed by atoms with E-state index in [0.717, 1.165) is 17.7 Å². The summed E-state index contributed by atoms with van der Waals surface area (Å²) >= 11 is 0. The van der Waals surface area contributed by atoms with E-state index in [1.165, 1.54) is 4.68 Å². The molecule has 0 saturated heterocycles. The first-order chi connectivity index (χ1) is 16.9. The highest BCUT2D eigenvalue weighted by Crippen LogP contribution is 2.34. The number of rotatable bonds is 9. The van der Waals surface area contributed by atoms with Crippen LogP contribution in [-0.4, -0.2) is 56.5 Å². The Balaban J connectivity index is 1.48. The second-order valence-corrected chi connectivity index (χ2v) is 8.31. The molecule has 3 heterocycles. The van der Waals surface area contributed by atoms with Crippen LogP contribution >= 0.6 is 0 Å². The number of carbonyl (C=O) groups excluding carboxylic acids is 1. The molecule has 0 aliphatic carbocycles.